The molecule has 0 spiro atoms. The number of hydrogen-bond donors (Lipinski definition) is 2. The van der Waals surface area contributed by atoms with Gasteiger partial charge in [0.25, 0.3) is 5.91 Å². The van der Waals surface area contributed by atoms with E-state index in [0.717, 1.165) is 11.1 Å². The lowest BCUT2D eigenvalue weighted by atomic mass is 10.1. The second-order valence-electron chi connectivity index (χ2n) is 4.20. The van der Waals surface area contributed by atoms with Crippen LogP contribution in [0.1, 0.15) is 25.0 Å². The third-order valence-electron chi connectivity index (χ3n) is 2.26. The normalized spacial score (nSPS) is 11.2. The molecule has 0 aliphatic rings. The SMILES string of the molecule is CC(C)NC(=O)/C(C#N)=C\c1ccc(CO)cc1. The van der Waals surface area contributed by atoms with Crippen molar-refractivity contribution >= 4 is 12.0 Å². The first-order valence-electron chi connectivity index (χ1n) is 5.69. The second kappa shape index (κ2) is 6.58. The zero-order valence-corrected chi connectivity index (χ0v) is 10.5. The van der Waals surface area contributed by atoms with Crippen LogP contribution in [0, 0.1) is 11.3 Å². The van der Waals surface area contributed by atoms with Gasteiger partial charge in [0, 0.05) is 6.04 Å². The molecule has 2 N–H and O–H groups in total. The molecule has 1 aromatic rings. The summed E-state index contributed by atoms with van der Waals surface area (Å²) in [5, 5.41) is 20.5. The molecule has 94 valence electrons. The summed E-state index contributed by atoms with van der Waals surface area (Å²) in [5.41, 5.74) is 1.61. The van der Waals surface area contributed by atoms with Gasteiger partial charge < -0.3 is 10.4 Å². The molecular formula is C14H16N2O2. The third kappa shape index (κ3) is 4.04. The molecule has 0 heterocycles. The van der Waals surface area contributed by atoms with Crippen LogP contribution < -0.4 is 5.32 Å². The lowest BCUT2D eigenvalue weighted by Gasteiger charge is -2.07. The molecule has 1 rings (SSSR count). The number of hydrogen-bond acceptors (Lipinski definition) is 3. The van der Waals surface area contributed by atoms with Crippen LogP contribution in [0.25, 0.3) is 6.08 Å². The molecule has 1 aromatic carbocycles. The van der Waals surface area contributed by atoms with Crippen molar-refractivity contribution in [1.82, 2.24) is 5.32 Å². The largest absolute Gasteiger partial charge is 0.392 e. The van der Waals surface area contributed by atoms with Gasteiger partial charge in [-0.3, -0.25) is 4.79 Å². The second-order valence-corrected chi connectivity index (χ2v) is 4.20. The Morgan fingerprint density at radius 1 is 1.44 bits per heavy atom. The molecule has 18 heavy (non-hydrogen) atoms. The summed E-state index contributed by atoms with van der Waals surface area (Å²) in [6.07, 6.45) is 1.53. The number of nitrogens with one attached hydrogen (secondary N) is 1. The van der Waals surface area contributed by atoms with Gasteiger partial charge in [-0.25, -0.2) is 0 Å². The number of carbonyl (C=O) groups is 1. The zero-order valence-electron chi connectivity index (χ0n) is 10.5. The first kappa shape index (κ1) is 13.9. The monoisotopic (exact) mass is 244 g/mol. The molecule has 0 saturated carbocycles. The molecule has 0 saturated heterocycles. The summed E-state index contributed by atoms with van der Waals surface area (Å²) < 4.78 is 0. The Bertz CT molecular complexity index is 482. The number of amides is 1. The summed E-state index contributed by atoms with van der Waals surface area (Å²) in [4.78, 5) is 11.7. The van der Waals surface area contributed by atoms with Crippen LogP contribution in [0.4, 0.5) is 0 Å². The van der Waals surface area contributed by atoms with E-state index in [1.165, 1.54) is 6.08 Å². The lowest BCUT2D eigenvalue weighted by molar-refractivity contribution is -0.117. The fourth-order valence-electron chi connectivity index (χ4n) is 1.37. The van der Waals surface area contributed by atoms with Gasteiger partial charge in [-0.2, -0.15) is 5.26 Å². The summed E-state index contributed by atoms with van der Waals surface area (Å²) in [6.45, 7) is 3.65. The van der Waals surface area contributed by atoms with Crippen LogP contribution in [0.2, 0.25) is 0 Å². The minimum atomic E-state index is -0.376. The van der Waals surface area contributed by atoms with Gasteiger partial charge in [0.2, 0.25) is 0 Å². The van der Waals surface area contributed by atoms with Crippen molar-refractivity contribution < 1.29 is 9.90 Å². The highest BCUT2D eigenvalue weighted by Gasteiger charge is 2.09. The first-order valence-corrected chi connectivity index (χ1v) is 5.69. The highest BCUT2D eigenvalue weighted by atomic mass is 16.3. The molecule has 0 aliphatic carbocycles. The number of benzene rings is 1. The molecule has 1 amide bonds. The molecular weight excluding hydrogens is 228 g/mol. The predicted molar refractivity (Wildman–Crippen MR) is 69.2 cm³/mol. The quantitative estimate of drug-likeness (QED) is 0.624. The average molecular weight is 244 g/mol. The molecule has 0 aliphatic heterocycles. The van der Waals surface area contributed by atoms with E-state index in [1.807, 2.05) is 19.9 Å². The van der Waals surface area contributed by atoms with Gasteiger partial charge in [0.15, 0.2) is 0 Å². The smallest absolute Gasteiger partial charge is 0.262 e. The fourth-order valence-corrected chi connectivity index (χ4v) is 1.37. The van der Waals surface area contributed by atoms with Crippen LogP contribution in [0.3, 0.4) is 0 Å². The van der Waals surface area contributed by atoms with Crippen molar-refractivity contribution in [2.75, 3.05) is 0 Å². The van der Waals surface area contributed by atoms with E-state index >= 15 is 0 Å². The minimum absolute atomic E-state index is 0.00832. The Labute approximate surface area is 107 Å². The standard InChI is InChI=1S/C14H16N2O2/c1-10(2)16-14(18)13(8-15)7-11-3-5-12(9-17)6-4-11/h3-7,10,17H,9H2,1-2H3,(H,16,18)/b13-7-. The van der Waals surface area contributed by atoms with E-state index < -0.39 is 0 Å². The summed E-state index contributed by atoms with van der Waals surface area (Å²) in [7, 11) is 0. The minimum Gasteiger partial charge on any atom is -0.392 e. The molecule has 4 nitrogen and oxygen atoms in total. The van der Waals surface area contributed by atoms with Gasteiger partial charge in [-0.1, -0.05) is 24.3 Å². The van der Waals surface area contributed by atoms with E-state index in [0.29, 0.717) is 0 Å². The van der Waals surface area contributed by atoms with Crippen molar-refractivity contribution in [1.29, 1.82) is 5.26 Å². The van der Waals surface area contributed by atoms with Gasteiger partial charge in [-0.15, -0.1) is 0 Å². The van der Waals surface area contributed by atoms with Crippen LogP contribution in [-0.2, 0) is 11.4 Å². The van der Waals surface area contributed by atoms with Crippen molar-refractivity contribution in [2.24, 2.45) is 0 Å². The third-order valence-corrected chi connectivity index (χ3v) is 2.26. The van der Waals surface area contributed by atoms with E-state index in [4.69, 9.17) is 10.4 Å². The van der Waals surface area contributed by atoms with E-state index in [2.05, 4.69) is 5.32 Å². The maximum absolute atomic E-state index is 11.7. The first-order chi connectivity index (χ1) is 8.56. The number of aliphatic hydroxyl groups excluding tert-OH is 1. The predicted octanol–water partition coefficient (Wildman–Crippen LogP) is 1.61. The molecule has 0 unspecified atom stereocenters. The topological polar surface area (TPSA) is 73.1 Å². The summed E-state index contributed by atoms with van der Waals surface area (Å²) >= 11 is 0. The van der Waals surface area contributed by atoms with Crippen molar-refractivity contribution in [3.8, 4) is 6.07 Å². The fraction of sp³-hybridized carbons (Fsp3) is 0.286. The zero-order chi connectivity index (χ0) is 13.5. The van der Waals surface area contributed by atoms with Gasteiger partial charge >= 0.3 is 0 Å². The van der Waals surface area contributed by atoms with Crippen LogP contribution in [0.5, 0.6) is 0 Å². The lowest BCUT2D eigenvalue weighted by Crippen LogP contribution is -2.30. The Morgan fingerprint density at radius 3 is 2.50 bits per heavy atom. The maximum atomic E-state index is 11.7. The summed E-state index contributed by atoms with van der Waals surface area (Å²) in [5.74, 6) is -0.376. The number of carbonyl (C=O) groups excluding carboxylic acids is 1. The average Bonchev–Trinajstić information content (AvgIpc) is 2.35. The van der Waals surface area contributed by atoms with Gasteiger partial charge in [-0.05, 0) is 31.1 Å². The van der Waals surface area contributed by atoms with Crippen LogP contribution >= 0.6 is 0 Å². The van der Waals surface area contributed by atoms with Crippen molar-refractivity contribution in [3.05, 3.63) is 41.0 Å². The maximum Gasteiger partial charge on any atom is 0.262 e. The van der Waals surface area contributed by atoms with Crippen molar-refractivity contribution in [3.63, 3.8) is 0 Å². The highest BCUT2D eigenvalue weighted by molar-refractivity contribution is 6.01. The molecule has 0 fully saturated rings. The van der Waals surface area contributed by atoms with Crippen LogP contribution in [-0.4, -0.2) is 17.1 Å². The van der Waals surface area contributed by atoms with Gasteiger partial charge in [0.05, 0.1) is 6.61 Å². The Hall–Kier alpha value is -2.12. The van der Waals surface area contributed by atoms with Gasteiger partial charge in [0.1, 0.15) is 11.6 Å². The number of rotatable bonds is 4. The molecule has 0 bridgehead atoms. The Kier molecular flexibility index (Phi) is 5.09. The Morgan fingerprint density at radius 2 is 2.06 bits per heavy atom. The number of nitrogens with zero attached hydrogens (tertiary/aromatic N) is 1. The molecule has 0 aromatic heterocycles. The summed E-state index contributed by atoms with van der Waals surface area (Å²) in [6, 6.07) is 8.89. The highest BCUT2D eigenvalue weighted by Crippen LogP contribution is 2.09. The molecule has 0 atom stereocenters. The van der Waals surface area contributed by atoms with E-state index in [-0.39, 0.29) is 24.1 Å². The van der Waals surface area contributed by atoms with E-state index in [9.17, 15) is 4.79 Å². The number of aliphatic hydroxyl groups is 1. The van der Waals surface area contributed by atoms with Crippen molar-refractivity contribution in [2.45, 2.75) is 26.5 Å². The van der Waals surface area contributed by atoms with Crippen LogP contribution in [0.15, 0.2) is 29.8 Å². The molecule has 4 heteroatoms. The molecule has 0 radical (unpaired) electrons. The number of nitriles is 1. The van der Waals surface area contributed by atoms with E-state index in [1.54, 1.807) is 24.3 Å². The Balaban J connectivity index is 2.90.